The minimum Gasteiger partial charge on any atom is -0.356 e. The maximum atomic E-state index is 13.0. The van der Waals surface area contributed by atoms with Crippen LogP contribution >= 0.6 is 34.4 Å². The highest BCUT2D eigenvalue weighted by molar-refractivity contribution is 8.00. The SMILES string of the molecule is CCc1ccccc1N(C(C)=O)c1nc(CSc2nnc(NCc3ccc(F)cc3)s2)cs1. The van der Waals surface area contributed by atoms with E-state index in [1.807, 2.05) is 29.6 Å². The van der Waals surface area contributed by atoms with Crippen molar-refractivity contribution in [3.05, 3.63) is 76.5 Å². The number of hydrogen-bond acceptors (Lipinski definition) is 8. The molecule has 4 aromatic rings. The molecule has 0 unspecified atom stereocenters. The Morgan fingerprint density at radius 1 is 1.15 bits per heavy atom. The van der Waals surface area contributed by atoms with E-state index in [0.717, 1.165) is 33.3 Å². The Kier molecular flexibility index (Phi) is 7.69. The molecule has 170 valence electrons. The van der Waals surface area contributed by atoms with Gasteiger partial charge in [-0.25, -0.2) is 9.37 Å². The minimum atomic E-state index is -0.250. The Balaban J connectivity index is 1.38. The molecular weight excluding hydrogens is 477 g/mol. The highest BCUT2D eigenvalue weighted by Gasteiger charge is 2.20. The van der Waals surface area contributed by atoms with Crippen LogP contribution in [0.4, 0.5) is 20.3 Å². The minimum absolute atomic E-state index is 0.0644. The lowest BCUT2D eigenvalue weighted by Crippen LogP contribution is -2.23. The van der Waals surface area contributed by atoms with Gasteiger partial charge in [-0.05, 0) is 35.7 Å². The molecule has 0 aliphatic rings. The van der Waals surface area contributed by atoms with Crippen molar-refractivity contribution in [3.8, 4) is 0 Å². The average Bonchev–Trinajstić information content (AvgIpc) is 3.47. The largest absolute Gasteiger partial charge is 0.356 e. The van der Waals surface area contributed by atoms with Crippen LogP contribution in [0.3, 0.4) is 0 Å². The summed E-state index contributed by atoms with van der Waals surface area (Å²) in [6, 6.07) is 14.3. The van der Waals surface area contributed by atoms with Gasteiger partial charge in [0.25, 0.3) is 0 Å². The van der Waals surface area contributed by atoms with E-state index in [1.165, 1.54) is 34.8 Å². The van der Waals surface area contributed by atoms with Crippen molar-refractivity contribution in [1.29, 1.82) is 0 Å². The zero-order chi connectivity index (χ0) is 23.2. The Hall–Kier alpha value is -2.82. The lowest BCUT2D eigenvalue weighted by Gasteiger charge is -2.20. The Bertz CT molecular complexity index is 1220. The maximum absolute atomic E-state index is 13.0. The fourth-order valence-corrected chi connectivity index (χ4v) is 5.78. The summed E-state index contributed by atoms with van der Waals surface area (Å²) in [7, 11) is 0. The number of aromatic nitrogens is 3. The monoisotopic (exact) mass is 499 g/mol. The van der Waals surface area contributed by atoms with E-state index in [-0.39, 0.29) is 11.7 Å². The second-order valence-electron chi connectivity index (χ2n) is 7.10. The number of rotatable bonds is 9. The van der Waals surface area contributed by atoms with E-state index in [2.05, 4.69) is 22.4 Å². The van der Waals surface area contributed by atoms with Gasteiger partial charge in [-0.1, -0.05) is 60.4 Å². The molecule has 10 heteroatoms. The second kappa shape index (κ2) is 10.9. The smallest absolute Gasteiger partial charge is 0.230 e. The summed E-state index contributed by atoms with van der Waals surface area (Å²) in [6.45, 7) is 4.19. The summed E-state index contributed by atoms with van der Waals surface area (Å²) < 4.78 is 13.8. The van der Waals surface area contributed by atoms with Gasteiger partial charge in [0, 0.05) is 24.6 Å². The third-order valence-electron chi connectivity index (χ3n) is 4.77. The molecule has 1 N–H and O–H groups in total. The first kappa shape index (κ1) is 23.3. The summed E-state index contributed by atoms with van der Waals surface area (Å²) in [5.74, 6) is 0.314. The van der Waals surface area contributed by atoms with E-state index in [4.69, 9.17) is 4.98 Å². The summed E-state index contributed by atoms with van der Waals surface area (Å²) in [4.78, 5) is 18.8. The molecule has 0 saturated carbocycles. The van der Waals surface area contributed by atoms with Crippen molar-refractivity contribution < 1.29 is 9.18 Å². The van der Waals surface area contributed by atoms with Crippen molar-refractivity contribution in [1.82, 2.24) is 15.2 Å². The normalized spacial score (nSPS) is 10.9. The first-order chi connectivity index (χ1) is 16.0. The topological polar surface area (TPSA) is 71.0 Å². The van der Waals surface area contributed by atoms with E-state index in [1.54, 1.807) is 35.7 Å². The summed E-state index contributed by atoms with van der Waals surface area (Å²) in [6.07, 6.45) is 0.836. The van der Waals surface area contributed by atoms with Gasteiger partial charge in [0.2, 0.25) is 11.0 Å². The van der Waals surface area contributed by atoms with Crippen molar-refractivity contribution >= 4 is 56.3 Å². The van der Waals surface area contributed by atoms with Crippen LogP contribution in [0.25, 0.3) is 0 Å². The maximum Gasteiger partial charge on any atom is 0.230 e. The predicted molar refractivity (Wildman–Crippen MR) is 134 cm³/mol. The Labute approximate surface area is 203 Å². The molecule has 2 aromatic carbocycles. The zero-order valence-corrected chi connectivity index (χ0v) is 20.6. The highest BCUT2D eigenvalue weighted by Crippen LogP contribution is 2.34. The van der Waals surface area contributed by atoms with Crippen LogP contribution in [0, 0.1) is 5.82 Å². The quantitative estimate of drug-likeness (QED) is 0.273. The van der Waals surface area contributed by atoms with Crippen LogP contribution in [0.15, 0.2) is 58.3 Å². The molecule has 0 saturated heterocycles. The van der Waals surface area contributed by atoms with Crippen molar-refractivity contribution in [2.24, 2.45) is 0 Å². The van der Waals surface area contributed by atoms with Crippen LogP contribution in [0.2, 0.25) is 0 Å². The number of hydrogen-bond donors (Lipinski definition) is 1. The Morgan fingerprint density at radius 3 is 2.70 bits per heavy atom. The zero-order valence-electron chi connectivity index (χ0n) is 18.1. The standard InChI is InChI=1S/C23H22FN5OS3/c1-3-17-6-4-5-7-20(17)29(15(2)30)22-26-19(13-31-22)14-32-23-28-27-21(33-23)25-12-16-8-10-18(24)11-9-16/h4-11,13H,3,12,14H2,1-2H3,(H,25,27). The van der Waals surface area contributed by atoms with Gasteiger partial charge in [-0.15, -0.1) is 21.5 Å². The highest BCUT2D eigenvalue weighted by atomic mass is 32.2. The van der Waals surface area contributed by atoms with Crippen molar-refractivity contribution in [2.45, 2.75) is 36.9 Å². The third-order valence-corrected chi connectivity index (χ3v) is 7.69. The molecule has 0 radical (unpaired) electrons. The first-order valence-electron chi connectivity index (χ1n) is 10.3. The van der Waals surface area contributed by atoms with Crippen molar-refractivity contribution in [2.75, 3.05) is 10.2 Å². The van der Waals surface area contributed by atoms with E-state index >= 15 is 0 Å². The van der Waals surface area contributed by atoms with Crippen LogP contribution < -0.4 is 10.2 Å². The molecular formula is C23H22FN5OS3. The summed E-state index contributed by atoms with van der Waals surface area (Å²) >= 11 is 4.47. The number of halogens is 1. The fourth-order valence-electron chi connectivity index (χ4n) is 3.16. The van der Waals surface area contributed by atoms with E-state index in [9.17, 15) is 9.18 Å². The van der Waals surface area contributed by atoms with Gasteiger partial charge in [0.1, 0.15) is 5.82 Å². The average molecular weight is 500 g/mol. The molecule has 0 aliphatic heterocycles. The van der Waals surface area contributed by atoms with Gasteiger partial charge < -0.3 is 5.32 Å². The van der Waals surface area contributed by atoms with Crippen molar-refractivity contribution in [3.63, 3.8) is 0 Å². The fraction of sp³-hybridized carbons (Fsp3) is 0.217. The van der Waals surface area contributed by atoms with Gasteiger partial charge in [0.05, 0.1) is 11.4 Å². The lowest BCUT2D eigenvalue weighted by molar-refractivity contribution is -0.115. The second-order valence-corrected chi connectivity index (χ2v) is 10.1. The molecule has 0 aliphatic carbocycles. The predicted octanol–water partition coefficient (Wildman–Crippen LogP) is 6.29. The number of thiazole rings is 1. The number of anilines is 3. The molecule has 4 rings (SSSR count). The number of benzene rings is 2. The van der Waals surface area contributed by atoms with Gasteiger partial charge in [-0.2, -0.15) is 0 Å². The van der Waals surface area contributed by atoms with E-state index in [0.29, 0.717) is 22.6 Å². The molecule has 0 spiro atoms. The number of para-hydroxylation sites is 1. The number of carbonyl (C=O) groups excluding carboxylic acids is 1. The molecule has 0 bridgehead atoms. The number of carbonyl (C=O) groups is 1. The number of nitrogens with one attached hydrogen (secondary N) is 1. The molecule has 0 atom stereocenters. The molecule has 2 heterocycles. The van der Waals surface area contributed by atoms with Crippen LogP contribution in [-0.4, -0.2) is 21.1 Å². The molecule has 2 aromatic heterocycles. The number of amides is 1. The van der Waals surface area contributed by atoms with E-state index < -0.39 is 0 Å². The third kappa shape index (κ3) is 5.95. The van der Waals surface area contributed by atoms with Gasteiger partial charge in [0.15, 0.2) is 9.47 Å². The van der Waals surface area contributed by atoms with Gasteiger partial charge in [-0.3, -0.25) is 9.69 Å². The first-order valence-corrected chi connectivity index (χ1v) is 13.0. The molecule has 6 nitrogen and oxygen atoms in total. The number of nitrogens with zero attached hydrogens (tertiary/aromatic N) is 4. The Morgan fingerprint density at radius 2 is 1.94 bits per heavy atom. The lowest BCUT2D eigenvalue weighted by atomic mass is 10.1. The molecule has 33 heavy (non-hydrogen) atoms. The molecule has 0 fully saturated rings. The van der Waals surface area contributed by atoms with Gasteiger partial charge >= 0.3 is 0 Å². The molecule has 1 amide bonds. The summed E-state index contributed by atoms with van der Waals surface area (Å²) in [5, 5.41) is 14.9. The van der Waals surface area contributed by atoms with Crippen LogP contribution in [0.1, 0.15) is 30.7 Å². The van der Waals surface area contributed by atoms with Crippen LogP contribution in [0.5, 0.6) is 0 Å². The number of aryl methyl sites for hydroxylation is 1. The van der Waals surface area contributed by atoms with Crippen LogP contribution in [-0.2, 0) is 23.5 Å². The summed E-state index contributed by atoms with van der Waals surface area (Å²) in [5.41, 5.74) is 3.84. The number of thioether (sulfide) groups is 1.